The molecule has 1 aromatic heterocycles. The molecular weight excluding hydrogens is 282 g/mol. The average molecular weight is 306 g/mol. The van der Waals surface area contributed by atoms with E-state index in [1.807, 2.05) is 18.5 Å². The molecule has 0 aliphatic rings. The van der Waals surface area contributed by atoms with E-state index in [0.29, 0.717) is 0 Å². The minimum Gasteiger partial charge on any atom is -0.308 e. The Kier molecular flexibility index (Phi) is 4.74. The molecule has 0 aliphatic heterocycles. The Hall–Kier alpha value is -1.32. The molecule has 4 heteroatoms. The van der Waals surface area contributed by atoms with Crippen molar-refractivity contribution in [2.45, 2.75) is 53.2 Å². The van der Waals surface area contributed by atoms with E-state index in [2.05, 4.69) is 55.5 Å². The monoisotopic (exact) mass is 305 g/mol. The van der Waals surface area contributed by atoms with Gasteiger partial charge in [0.2, 0.25) is 0 Å². The van der Waals surface area contributed by atoms with Crippen LogP contribution in [0.2, 0.25) is 5.02 Å². The third-order valence-electron chi connectivity index (χ3n) is 3.47. The molecule has 0 saturated heterocycles. The highest BCUT2D eigenvalue weighted by Gasteiger charge is 2.10. The fourth-order valence-electron chi connectivity index (χ4n) is 2.13. The van der Waals surface area contributed by atoms with Crippen molar-refractivity contribution in [3.05, 3.63) is 51.8 Å². The number of halogens is 1. The van der Waals surface area contributed by atoms with Crippen LogP contribution < -0.4 is 5.32 Å². The van der Waals surface area contributed by atoms with Crippen LogP contribution in [-0.2, 0) is 13.1 Å². The first-order valence-electron chi connectivity index (χ1n) is 7.28. The van der Waals surface area contributed by atoms with Gasteiger partial charge in [-0.25, -0.2) is 0 Å². The molecule has 2 aromatic rings. The molecular formula is C17H24ClN3. The van der Waals surface area contributed by atoms with Crippen molar-refractivity contribution in [1.29, 1.82) is 0 Å². The molecule has 0 amide bonds. The number of benzene rings is 1. The lowest BCUT2D eigenvalue weighted by molar-refractivity contribution is 0.424. The lowest BCUT2D eigenvalue weighted by atomic mass is 10.1. The highest BCUT2D eigenvalue weighted by molar-refractivity contribution is 6.31. The van der Waals surface area contributed by atoms with Crippen LogP contribution in [0.1, 0.15) is 43.3 Å². The second-order valence-corrected chi connectivity index (χ2v) is 6.94. The minimum absolute atomic E-state index is 0.138. The summed E-state index contributed by atoms with van der Waals surface area (Å²) in [6.45, 7) is 12.1. The summed E-state index contributed by atoms with van der Waals surface area (Å²) in [4.78, 5) is 0. The first kappa shape index (κ1) is 16.1. The lowest BCUT2D eigenvalue weighted by Gasteiger charge is -2.20. The summed E-state index contributed by atoms with van der Waals surface area (Å²) < 4.78 is 1.96. The van der Waals surface area contributed by atoms with Crippen LogP contribution in [0.4, 0.5) is 0 Å². The fraction of sp³-hybridized carbons (Fsp3) is 0.471. The van der Waals surface area contributed by atoms with Crippen molar-refractivity contribution in [2.24, 2.45) is 0 Å². The Balaban J connectivity index is 2.04. The Morgan fingerprint density at radius 2 is 1.67 bits per heavy atom. The van der Waals surface area contributed by atoms with Gasteiger partial charge < -0.3 is 5.32 Å². The first-order valence-corrected chi connectivity index (χ1v) is 7.66. The number of nitrogens with one attached hydrogen (secondary N) is 1. The molecule has 0 aliphatic carbocycles. The van der Waals surface area contributed by atoms with Gasteiger partial charge >= 0.3 is 0 Å². The standard InChI is InChI=1S/C17H24ClN3/c1-12-16(18)13(2)21(20-12)11-15-8-6-14(7-9-15)10-19-17(3,4)5/h6-9,19H,10-11H2,1-5H3. The molecule has 0 saturated carbocycles. The molecule has 21 heavy (non-hydrogen) atoms. The number of rotatable bonds is 4. The minimum atomic E-state index is 0.138. The second kappa shape index (κ2) is 6.20. The van der Waals surface area contributed by atoms with E-state index in [-0.39, 0.29) is 5.54 Å². The zero-order valence-electron chi connectivity index (χ0n) is 13.5. The molecule has 3 nitrogen and oxygen atoms in total. The van der Waals surface area contributed by atoms with Gasteiger partial charge in [-0.2, -0.15) is 5.10 Å². The van der Waals surface area contributed by atoms with Crippen LogP contribution in [0.3, 0.4) is 0 Å². The van der Waals surface area contributed by atoms with Crippen molar-refractivity contribution in [3.63, 3.8) is 0 Å². The summed E-state index contributed by atoms with van der Waals surface area (Å²) in [6, 6.07) is 8.65. The summed E-state index contributed by atoms with van der Waals surface area (Å²) in [6.07, 6.45) is 0. The summed E-state index contributed by atoms with van der Waals surface area (Å²) in [5.41, 5.74) is 4.57. The summed E-state index contributed by atoms with van der Waals surface area (Å²) >= 11 is 6.18. The van der Waals surface area contributed by atoms with E-state index in [1.165, 1.54) is 11.1 Å². The predicted octanol–water partition coefficient (Wildman–Crippen LogP) is 4.09. The number of nitrogens with zero attached hydrogens (tertiary/aromatic N) is 2. The van der Waals surface area contributed by atoms with E-state index in [0.717, 1.165) is 29.5 Å². The Bertz CT molecular complexity index is 606. The van der Waals surface area contributed by atoms with E-state index >= 15 is 0 Å². The van der Waals surface area contributed by atoms with Crippen molar-refractivity contribution in [3.8, 4) is 0 Å². The third-order valence-corrected chi connectivity index (χ3v) is 4.02. The first-order chi connectivity index (χ1) is 9.76. The van der Waals surface area contributed by atoms with Gasteiger partial charge in [0.05, 0.1) is 23.0 Å². The smallest absolute Gasteiger partial charge is 0.0844 e. The normalized spacial score (nSPS) is 11.9. The maximum absolute atomic E-state index is 6.18. The van der Waals surface area contributed by atoms with Gasteiger partial charge in [-0.3, -0.25) is 4.68 Å². The molecule has 1 N–H and O–H groups in total. The number of aromatic nitrogens is 2. The number of hydrogen-bond acceptors (Lipinski definition) is 2. The topological polar surface area (TPSA) is 29.9 Å². The molecule has 0 bridgehead atoms. The van der Waals surface area contributed by atoms with Crippen LogP contribution in [-0.4, -0.2) is 15.3 Å². The molecule has 0 fully saturated rings. The molecule has 1 heterocycles. The third kappa shape index (κ3) is 4.32. The van der Waals surface area contributed by atoms with Gasteiger partial charge in [0.1, 0.15) is 0 Å². The predicted molar refractivity (Wildman–Crippen MR) is 88.8 cm³/mol. The molecule has 0 atom stereocenters. The fourth-order valence-corrected chi connectivity index (χ4v) is 2.27. The Morgan fingerprint density at radius 3 is 2.14 bits per heavy atom. The lowest BCUT2D eigenvalue weighted by Crippen LogP contribution is -2.35. The summed E-state index contributed by atoms with van der Waals surface area (Å²) in [5, 5.41) is 8.73. The van der Waals surface area contributed by atoms with E-state index in [4.69, 9.17) is 11.6 Å². The maximum Gasteiger partial charge on any atom is 0.0844 e. The highest BCUT2D eigenvalue weighted by atomic mass is 35.5. The van der Waals surface area contributed by atoms with Gasteiger partial charge in [-0.05, 0) is 45.7 Å². The Labute approximate surface area is 132 Å². The van der Waals surface area contributed by atoms with Crippen molar-refractivity contribution in [2.75, 3.05) is 0 Å². The molecule has 0 spiro atoms. The van der Waals surface area contributed by atoms with Gasteiger partial charge in [0.15, 0.2) is 0 Å². The van der Waals surface area contributed by atoms with Crippen LogP contribution in [0.15, 0.2) is 24.3 Å². The largest absolute Gasteiger partial charge is 0.308 e. The van der Waals surface area contributed by atoms with Gasteiger partial charge in [0, 0.05) is 12.1 Å². The highest BCUT2D eigenvalue weighted by Crippen LogP contribution is 2.20. The number of aryl methyl sites for hydroxylation is 1. The van der Waals surface area contributed by atoms with Crippen LogP contribution >= 0.6 is 11.6 Å². The molecule has 114 valence electrons. The molecule has 0 unspecified atom stereocenters. The summed E-state index contributed by atoms with van der Waals surface area (Å²) in [7, 11) is 0. The van der Waals surface area contributed by atoms with E-state index < -0.39 is 0 Å². The van der Waals surface area contributed by atoms with Crippen molar-refractivity contribution >= 4 is 11.6 Å². The van der Waals surface area contributed by atoms with Gasteiger partial charge in [-0.1, -0.05) is 35.9 Å². The molecule has 1 aromatic carbocycles. The quantitative estimate of drug-likeness (QED) is 0.922. The van der Waals surface area contributed by atoms with Gasteiger partial charge in [0.25, 0.3) is 0 Å². The van der Waals surface area contributed by atoms with E-state index in [9.17, 15) is 0 Å². The Morgan fingerprint density at radius 1 is 1.10 bits per heavy atom. The SMILES string of the molecule is Cc1nn(Cc2ccc(CNC(C)(C)C)cc2)c(C)c1Cl. The average Bonchev–Trinajstić information content (AvgIpc) is 2.65. The van der Waals surface area contributed by atoms with Crippen LogP contribution in [0, 0.1) is 13.8 Å². The van der Waals surface area contributed by atoms with E-state index in [1.54, 1.807) is 0 Å². The zero-order valence-corrected chi connectivity index (χ0v) is 14.3. The van der Waals surface area contributed by atoms with Crippen LogP contribution in [0.25, 0.3) is 0 Å². The number of hydrogen-bond donors (Lipinski definition) is 1. The zero-order chi connectivity index (χ0) is 15.6. The van der Waals surface area contributed by atoms with Crippen molar-refractivity contribution in [1.82, 2.24) is 15.1 Å². The molecule has 2 rings (SSSR count). The second-order valence-electron chi connectivity index (χ2n) is 6.56. The van der Waals surface area contributed by atoms with Gasteiger partial charge in [-0.15, -0.1) is 0 Å². The summed E-state index contributed by atoms with van der Waals surface area (Å²) in [5.74, 6) is 0. The van der Waals surface area contributed by atoms with Crippen molar-refractivity contribution < 1.29 is 0 Å². The molecule has 0 radical (unpaired) electrons. The van der Waals surface area contributed by atoms with Crippen LogP contribution in [0.5, 0.6) is 0 Å². The maximum atomic E-state index is 6.18.